The second-order valence-electron chi connectivity index (χ2n) is 4.46. The summed E-state index contributed by atoms with van der Waals surface area (Å²) in [5.74, 6) is -2.03. The molecule has 0 amide bonds. The summed E-state index contributed by atoms with van der Waals surface area (Å²) in [6, 6.07) is 5.30. The van der Waals surface area contributed by atoms with Crippen LogP contribution in [0.5, 0.6) is 5.75 Å². The van der Waals surface area contributed by atoms with E-state index in [2.05, 4.69) is 0 Å². The average Bonchev–Trinajstić information content (AvgIpc) is 2.51. The Morgan fingerprint density at radius 1 is 1.04 bits per heavy atom. The van der Waals surface area contributed by atoms with Crippen LogP contribution < -0.4 is 9.04 Å². The number of sulfonamides is 1. The number of ether oxygens (including phenoxy) is 1. The summed E-state index contributed by atoms with van der Waals surface area (Å²) in [6.45, 7) is 0. The van der Waals surface area contributed by atoms with Crippen LogP contribution in [0.1, 0.15) is 0 Å². The molecule has 2 aromatic rings. The highest BCUT2D eigenvalue weighted by molar-refractivity contribution is 7.93. The zero-order chi connectivity index (χ0) is 17.4. The Hall–Kier alpha value is -1.57. The van der Waals surface area contributed by atoms with Crippen molar-refractivity contribution in [2.45, 2.75) is 4.90 Å². The van der Waals surface area contributed by atoms with Gasteiger partial charge in [0.25, 0.3) is 10.0 Å². The molecule has 2 rings (SSSR count). The maximum absolute atomic E-state index is 13.3. The lowest BCUT2D eigenvalue weighted by Gasteiger charge is -2.21. The molecule has 0 saturated carbocycles. The Kier molecular flexibility index (Phi) is 5.03. The molecule has 0 aliphatic carbocycles. The highest BCUT2D eigenvalue weighted by Gasteiger charge is 2.27. The summed E-state index contributed by atoms with van der Waals surface area (Å²) in [5, 5.41) is -0.283. The van der Waals surface area contributed by atoms with Crippen molar-refractivity contribution in [3.63, 3.8) is 0 Å². The van der Waals surface area contributed by atoms with Gasteiger partial charge in [-0.25, -0.2) is 17.2 Å². The summed E-state index contributed by atoms with van der Waals surface area (Å²) in [4.78, 5) is -0.280. The molecule has 0 heterocycles. The van der Waals surface area contributed by atoms with Gasteiger partial charge in [0.1, 0.15) is 15.7 Å². The summed E-state index contributed by atoms with van der Waals surface area (Å²) in [7, 11) is -1.58. The number of benzene rings is 2. The molecule has 2 aromatic carbocycles. The first-order chi connectivity index (χ1) is 10.7. The quantitative estimate of drug-likeness (QED) is 0.800. The maximum atomic E-state index is 13.3. The zero-order valence-corrected chi connectivity index (χ0v) is 14.3. The van der Waals surface area contributed by atoms with Gasteiger partial charge in [-0.1, -0.05) is 23.2 Å². The van der Waals surface area contributed by atoms with E-state index in [0.29, 0.717) is 0 Å². The van der Waals surface area contributed by atoms with Crippen molar-refractivity contribution in [1.29, 1.82) is 0 Å². The number of nitrogens with zero attached hydrogens (tertiary/aromatic N) is 1. The fourth-order valence-corrected chi connectivity index (χ4v) is 3.84. The lowest BCUT2D eigenvalue weighted by Crippen LogP contribution is -2.27. The van der Waals surface area contributed by atoms with E-state index in [1.165, 1.54) is 26.3 Å². The number of methoxy groups -OCH3 is 1. The van der Waals surface area contributed by atoms with E-state index in [9.17, 15) is 17.2 Å². The minimum Gasteiger partial charge on any atom is -0.495 e. The number of anilines is 1. The number of hydrogen-bond donors (Lipinski definition) is 0. The summed E-state index contributed by atoms with van der Waals surface area (Å²) in [5.41, 5.74) is -0.0630. The van der Waals surface area contributed by atoms with E-state index in [1.807, 2.05) is 0 Å². The van der Waals surface area contributed by atoms with Gasteiger partial charge in [0.2, 0.25) is 0 Å². The first kappa shape index (κ1) is 17.8. The second kappa shape index (κ2) is 6.51. The van der Waals surface area contributed by atoms with Gasteiger partial charge in [-0.15, -0.1) is 0 Å². The van der Waals surface area contributed by atoms with Gasteiger partial charge in [0, 0.05) is 13.1 Å². The first-order valence-electron chi connectivity index (χ1n) is 6.16. The van der Waals surface area contributed by atoms with E-state index < -0.39 is 21.7 Å². The number of halogens is 4. The molecule has 4 nitrogen and oxygen atoms in total. The van der Waals surface area contributed by atoms with E-state index in [0.717, 1.165) is 22.5 Å². The molecule has 0 unspecified atom stereocenters. The van der Waals surface area contributed by atoms with E-state index in [-0.39, 0.29) is 26.4 Å². The van der Waals surface area contributed by atoms with Gasteiger partial charge < -0.3 is 4.74 Å². The molecule has 0 spiro atoms. The molecule has 23 heavy (non-hydrogen) atoms. The molecular weight excluding hydrogens is 371 g/mol. The minimum absolute atomic E-state index is 0.0612. The predicted molar refractivity (Wildman–Crippen MR) is 85.0 cm³/mol. The van der Waals surface area contributed by atoms with Gasteiger partial charge in [-0.2, -0.15) is 0 Å². The van der Waals surface area contributed by atoms with Gasteiger partial charge in [0.15, 0.2) is 11.6 Å². The maximum Gasteiger partial charge on any atom is 0.265 e. The lowest BCUT2D eigenvalue weighted by molar-refractivity contribution is 0.414. The lowest BCUT2D eigenvalue weighted by atomic mass is 10.3. The standard InChI is InChI=1S/C14H11Cl2F2NO3S/c1-19(8-3-4-9(17)10(18)7-8)23(20,21)12-6-5-11(22-2)13(15)14(12)16/h3-7H,1-2H3. The Morgan fingerprint density at radius 2 is 1.70 bits per heavy atom. The highest BCUT2D eigenvalue weighted by Crippen LogP contribution is 2.38. The van der Waals surface area contributed by atoms with Crippen LogP contribution in [0.4, 0.5) is 14.5 Å². The average molecular weight is 382 g/mol. The summed E-state index contributed by atoms with van der Waals surface area (Å²) in [6.07, 6.45) is 0. The van der Waals surface area contributed by atoms with Crippen LogP contribution in [0.15, 0.2) is 35.2 Å². The molecule has 0 bridgehead atoms. The van der Waals surface area contributed by atoms with E-state index in [4.69, 9.17) is 27.9 Å². The fourth-order valence-electron chi connectivity index (χ4n) is 1.84. The van der Waals surface area contributed by atoms with Crippen LogP contribution in [0.3, 0.4) is 0 Å². The SMILES string of the molecule is COc1ccc(S(=O)(=O)N(C)c2ccc(F)c(F)c2)c(Cl)c1Cl. The van der Waals surface area contributed by atoms with Crippen LogP contribution in [-0.4, -0.2) is 22.6 Å². The van der Waals surface area contributed by atoms with Crippen molar-refractivity contribution in [2.24, 2.45) is 0 Å². The van der Waals surface area contributed by atoms with Crippen LogP contribution >= 0.6 is 23.2 Å². The fraction of sp³-hybridized carbons (Fsp3) is 0.143. The predicted octanol–water partition coefficient (Wildman–Crippen LogP) is 4.11. The Morgan fingerprint density at radius 3 is 2.26 bits per heavy atom. The van der Waals surface area contributed by atoms with Crippen LogP contribution in [0, 0.1) is 11.6 Å². The molecule has 0 aliphatic rings. The molecule has 0 aromatic heterocycles. The van der Waals surface area contributed by atoms with Gasteiger partial charge in [-0.05, 0) is 24.3 Å². The van der Waals surface area contributed by atoms with E-state index >= 15 is 0 Å². The van der Waals surface area contributed by atoms with Gasteiger partial charge in [0.05, 0.1) is 17.8 Å². The largest absolute Gasteiger partial charge is 0.495 e. The monoisotopic (exact) mass is 381 g/mol. The van der Waals surface area contributed by atoms with Crippen molar-refractivity contribution in [2.75, 3.05) is 18.5 Å². The van der Waals surface area contributed by atoms with Gasteiger partial charge in [-0.3, -0.25) is 4.31 Å². The van der Waals surface area contributed by atoms with E-state index in [1.54, 1.807) is 0 Å². The van der Waals surface area contributed by atoms with Crippen molar-refractivity contribution < 1.29 is 21.9 Å². The normalized spacial score (nSPS) is 11.4. The van der Waals surface area contributed by atoms with Crippen LogP contribution in [0.2, 0.25) is 10.0 Å². The van der Waals surface area contributed by atoms with Crippen molar-refractivity contribution in [3.8, 4) is 5.75 Å². The third-order valence-corrected chi connectivity index (χ3v) is 5.94. The molecule has 0 fully saturated rings. The highest BCUT2D eigenvalue weighted by atomic mass is 35.5. The number of rotatable bonds is 4. The van der Waals surface area contributed by atoms with Crippen LogP contribution in [0.25, 0.3) is 0 Å². The topological polar surface area (TPSA) is 46.6 Å². The third kappa shape index (κ3) is 3.22. The van der Waals surface area contributed by atoms with Gasteiger partial charge >= 0.3 is 0 Å². The third-order valence-electron chi connectivity index (χ3n) is 3.14. The Balaban J connectivity index is 2.53. The molecule has 0 aliphatic heterocycles. The molecule has 0 radical (unpaired) electrons. The van der Waals surface area contributed by atoms with Crippen molar-refractivity contribution >= 4 is 38.9 Å². The summed E-state index contributed by atoms with van der Waals surface area (Å²) >= 11 is 11.9. The van der Waals surface area contributed by atoms with Crippen molar-refractivity contribution in [1.82, 2.24) is 0 Å². The number of hydrogen-bond acceptors (Lipinski definition) is 3. The Labute approximate surface area is 142 Å². The van der Waals surface area contributed by atoms with Crippen molar-refractivity contribution in [3.05, 3.63) is 52.0 Å². The smallest absolute Gasteiger partial charge is 0.265 e. The molecule has 124 valence electrons. The first-order valence-corrected chi connectivity index (χ1v) is 8.35. The minimum atomic E-state index is -4.13. The molecule has 0 atom stereocenters. The zero-order valence-electron chi connectivity index (χ0n) is 12.0. The second-order valence-corrected chi connectivity index (χ2v) is 7.16. The molecule has 0 saturated heterocycles. The molecule has 0 N–H and O–H groups in total. The Bertz CT molecular complexity index is 859. The van der Waals surface area contributed by atoms with Crippen LogP contribution in [-0.2, 0) is 10.0 Å². The molecule has 9 heteroatoms. The molecular formula is C14H11Cl2F2NO3S. The summed E-state index contributed by atoms with van der Waals surface area (Å²) < 4.78 is 57.3.